The first-order valence-corrected chi connectivity index (χ1v) is 12.5. The highest BCUT2D eigenvalue weighted by Gasteiger charge is 2.42. The predicted octanol–water partition coefficient (Wildman–Crippen LogP) is 6.08. The third-order valence-electron chi connectivity index (χ3n) is 6.50. The van der Waals surface area contributed by atoms with E-state index in [1.54, 1.807) is 0 Å². The van der Waals surface area contributed by atoms with Crippen molar-refractivity contribution in [2.24, 2.45) is 5.16 Å². The Morgan fingerprint density at radius 3 is 2.24 bits per heavy atom. The van der Waals surface area contributed by atoms with Gasteiger partial charge in [0, 0.05) is 38.9 Å². The molecule has 0 atom stereocenters. The van der Waals surface area contributed by atoms with Crippen LogP contribution in [0.15, 0.2) is 47.6 Å². The van der Waals surface area contributed by atoms with E-state index in [0.29, 0.717) is 10.9 Å². The fraction of sp³-hybridized carbons (Fsp3) is 0.423. The van der Waals surface area contributed by atoms with Crippen LogP contribution in [0, 0.1) is 0 Å². The zero-order valence-electron chi connectivity index (χ0n) is 20.1. The van der Waals surface area contributed by atoms with Crippen molar-refractivity contribution in [3.05, 3.63) is 69.2 Å². The van der Waals surface area contributed by atoms with Gasteiger partial charge in [0.1, 0.15) is 5.60 Å². The molecule has 1 saturated heterocycles. The minimum Gasteiger partial charge on any atom is -0.475 e. The lowest BCUT2D eigenvalue weighted by Gasteiger charge is -2.37. The van der Waals surface area contributed by atoms with Crippen LogP contribution in [-0.2, 0) is 25.8 Å². The molecule has 2 aromatic rings. The number of carboxylic acid groups (broad SMARTS) is 1. The van der Waals surface area contributed by atoms with E-state index in [2.05, 4.69) is 40.4 Å². The van der Waals surface area contributed by atoms with E-state index in [9.17, 15) is 13.2 Å². The SMILES string of the molecule is Clc1cc(CN2CCC3(CC2)CC(c2ccccc2)=NO3)cc(C2CC2)c1Cl.O=C(O)C(F)(F)F.O=C=O. The number of rotatable bonds is 4. The first kappa shape index (κ1) is 29.6. The average molecular weight is 573 g/mol. The van der Waals surface area contributed by atoms with Crippen molar-refractivity contribution in [3.8, 4) is 0 Å². The third-order valence-corrected chi connectivity index (χ3v) is 7.31. The molecule has 0 amide bonds. The van der Waals surface area contributed by atoms with E-state index in [1.165, 1.54) is 29.5 Å². The summed E-state index contributed by atoms with van der Waals surface area (Å²) in [4.78, 5) is 33.6. The normalized spacial score (nSPS) is 18.2. The molecule has 2 heterocycles. The lowest BCUT2D eigenvalue weighted by molar-refractivity contribution is -0.193. The Morgan fingerprint density at radius 2 is 1.71 bits per heavy atom. The number of halogens is 5. The zero-order chi connectivity index (χ0) is 27.9. The first-order chi connectivity index (χ1) is 18.0. The summed E-state index contributed by atoms with van der Waals surface area (Å²) < 4.78 is 31.7. The summed E-state index contributed by atoms with van der Waals surface area (Å²) in [5, 5.41) is 13.0. The molecule has 204 valence electrons. The molecule has 7 nitrogen and oxygen atoms in total. The van der Waals surface area contributed by atoms with Gasteiger partial charge in [-0.25, -0.2) is 4.79 Å². The number of carboxylic acids is 1. The fourth-order valence-electron chi connectivity index (χ4n) is 4.40. The van der Waals surface area contributed by atoms with Crippen molar-refractivity contribution >= 4 is 41.0 Å². The van der Waals surface area contributed by atoms with Crippen LogP contribution < -0.4 is 0 Å². The van der Waals surface area contributed by atoms with Crippen LogP contribution in [0.4, 0.5) is 13.2 Å². The van der Waals surface area contributed by atoms with E-state index in [4.69, 9.17) is 47.5 Å². The lowest BCUT2D eigenvalue weighted by atomic mass is 9.85. The van der Waals surface area contributed by atoms with Gasteiger partial charge < -0.3 is 9.94 Å². The number of oxime groups is 1. The van der Waals surface area contributed by atoms with Crippen LogP contribution in [0.1, 0.15) is 54.7 Å². The van der Waals surface area contributed by atoms with E-state index in [0.717, 1.165) is 49.6 Å². The maximum absolute atomic E-state index is 10.6. The van der Waals surface area contributed by atoms with Crippen LogP contribution >= 0.6 is 23.2 Å². The monoisotopic (exact) mass is 572 g/mol. The molecular weight excluding hydrogens is 548 g/mol. The van der Waals surface area contributed by atoms with Gasteiger partial charge >= 0.3 is 18.3 Å². The highest BCUT2D eigenvalue weighted by Crippen LogP contribution is 2.46. The number of carbonyl (C=O) groups excluding carboxylic acids is 2. The van der Waals surface area contributed by atoms with E-state index in [1.807, 2.05) is 12.1 Å². The lowest BCUT2D eigenvalue weighted by Crippen LogP contribution is -2.44. The Morgan fingerprint density at radius 1 is 1.13 bits per heavy atom. The second-order valence-electron chi connectivity index (χ2n) is 9.27. The Bertz CT molecular complexity index is 1190. The number of benzene rings is 2. The quantitative estimate of drug-likeness (QED) is 0.477. The van der Waals surface area contributed by atoms with Crippen LogP contribution in [0.25, 0.3) is 0 Å². The molecule has 1 spiro atoms. The van der Waals surface area contributed by atoms with Crippen molar-refractivity contribution in [2.75, 3.05) is 13.1 Å². The van der Waals surface area contributed by atoms with E-state index >= 15 is 0 Å². The Hall–Kier alpha value is -2.91. The second-order valence-corrected chi connectivity index (χ2v) is 10.1. The summed E-state index contributed by atoms with van der Waals surface area (Å²) >= 11 is 12.8. The molecule has 38 heavy (non-hydrogen) atoms. The molecular formula is C26H25Cl2F3N2O5. The maximum Gasteiger partial charge on any atom is 0.490 e. The average Bonchev–Trinajstić information content (AvgIpc) is 3.64. The summed E-state index contributed by atoms with van der Waals surface area (Å²) in [5.41, 5.74) is 4.62. The maximum atomic E-state index is 10.6. The van der Waals surface area contributed by atoms with Crippen molar-refractivity contribution in [1.82, 2.24) is 4.90 Å². The van der Waals surface area contributed by atoms with Crippen molar-refractivity contribution in [3.63, 3.8) is 0 Å². The van der Waals surface area contributed by atoms with Gasteiger partial charge in [0.25, 0.3) is 0 Å². The summed E-state index contributed by atoms with van der Waals surface area (Å²) in [6.07, 6.45) is 0.538. The summed E-state index contributed by atoms with van der Waals surface area (Å²) in [7, 11) is 0. The van der Waals surface area contributed by atoms with Gasteiger partial charge in [0.2, 0.25) is 0 Å². The first-order valence-electron chi connectivity index (χ1n) is 11.8. The van der Waals surface area contributed by atoms with Gasteiger partial charge in [-0.3, -0.25) is 4.90 Å². The number of aliphatic carboxylic acids is 1. The smallest absolute Gasteiger partial charge is 0.475 e. The largest absolute Gasteiger partial charge is 0.490 e. The fourth-order valence-corrected chi connectivity index (χ4v) is 4.92. The number of hydrogen-bond acceptors (Lipinski definition) is 6. The third kappa shape index (κ3) is 8.04. The zero-order valence-corrected chi connectivity index (χ0v) is 21.7. The number of carbonyl (C=O) groups is 1. The van der Waals surface area contributed by atoms with Crippen LogP contribution in [0.5, 0.6) is 0 Å². The van der Waals surface area contributed by atoms with Crippen LogP contribution in [-0.4, -0.2) is 52.7 Å². The molecule has 0 radical (unpaired) electrons. The Kier molecular flexibility index (Phi) is 9.95. The van der Waals surface area contributed by atoms with E-state index < -0.39 is 12.1 Å². The molecule has 0 aromatic heterocycles. The molecule has 0 bridgehead atoms. The molecule has 1 saturated carbocycles. The Labute approximate surface area is 227 Å². The van der Waals surface area contributed by atoms with Crippen molar-refractivity contribution < 1.29 is 37.5 Å². The van der Waals surface area contributed by atoms with Crippen LogP contribution in [0.2, 0.25) is 10.0 Å². The molecule has 3 aliphatic rings. The topological polar surface area (TPSA) is 96.3 Å². The number of hydrogen-bond donors (Lipinski definition) is 1. The standard InChI is InChI=1S/C23H24Cl2N2O.C2HF3O2.CO2/c24-20-13-16(12-19(22(20)25)17-6-7-17)15-27-10-8-23(9-11-27)14-21(26-28-23)18-4-2-1-3-5-18;3-2(4,5)1(6)7;2-1-3/h1-5,12-13,17H,6-11,14-15H2;(H,6,7);. The molecule has 2 fully saturated rings. The highest BCUT2D eigenvalue weighted by molar-refractivity contribution is 6.42. The molecule has 1 aliphatic carbocycles. The van der Waals surface area contributed by atoms with Crippen molar-refractivity contribution in [2.45, 2.75) is 56.3 Å². The number of alkyl halides is 3. The number of likely N-dealkylation sites (tertiary alicyclic amines) is 1. The molecule has 5 rings (SSSR count). The van der Waals surface area contributed by atoms with E-state index in [-0.39, 0.29) is 11.8 Å². The second kappa shape index (κ2) is 12.8. The molecule has 2 aromatic carbocycles. The summed E-state index contributed by atoms with van der Waals surface area (Å²) in [6.45, 7) is 2.94. The molecule has 1 N–H and O–H groups in total. The van der Waals surface area contributed by atoms with Gasteiger partial charge in [-0.05, 0) is 41.5 Å². The van der Waals surface area contributed by atoms with Gasteiger partial charge in [-0.1, -0.05) is 64.8 Å². The molecule has 0 unspecified atom stereocenters. The molecule has 2 aliphatic heterocycles. The van der Waals surface area contributed by atoms with Gasteiger partial charge in [0.05, 0.1) is 15.8 Å². The number of nitrogens with zero attached hydrogens (tertiary/aromatic N) is 2. The summed E-state index contributed by atoms with van der Waals surface area (Å²) in [5.74, 6) is -2.15. The molecule has 12 heteroatoms. The van der Waals surface area contributed by atoms with Gasteiger partial charge in [-0.15, -0.1) is 0 Å². The minimum absolute atomic E-state index is 0.126. The van der Waals surface area contributed by atoms with Crippen molar-refractivity contribution in [1.29, 1.82) is 0 Å². The minimum atomic E-state index is -5.08. The summed E-state index contributed by atoms with van der Waals surface area (Å²) in [6, 6.07) is 14.7. The number of piperidine rings is 1. The van der Waals surface area contributed by atoms with Gasteiger partial charge in [0.15, 0.2) is 0 Å². The highest BCUT2D eigenvalue weighted by atomic mass is 35.5. The Balaban J connectivity index is 0.000000345. The van der Waals surface area contributed by atoms with Gasteiger partial charge in [-0.2, -0.15) is 22.8 Å². The predicted molar refractivity (Wildman–Crippen MR) is 133 cm³/mol. The van der Waals surface area contributed by atoms with Crippen LogP contribution in [0.3, 0.4) is 0 Å².